The average molecular weight is 474 g/mol. The molecule has 24 heavy (non-hydrogen) atoms. The Balaban J connectivity index is 0.00000529. The van der Waals surface area contributed by atoms with E-state index in [1.54, 1.807) is 13.8 Å². The summed E-state index contributed by atoms with van der Waals surface area (Å²) in [5.41, 5.74) is -0.299. The number of hydrogen-bond acceptors (Lipinski definition) is 4. The smallest absolute Gasteiger partial charge is 0.242 e. The minimum Gasteiger partial charge on any atom is -0.357 e. The van der Waals surface area contributed by atoms with Gasteiger partial charge in [0.25, 0.3) is 0 Å². The lowest BCUT2D eigenvalue weighted by Crippen LogP contribution is -2.57. The van der Waals surface area contributed by atoms with Crippen molar-refractivity contribution in [3.05, 3.63) is 0 Å². The van der Waals surface area contributed by atoms with Gasteiger partial charge in [-0.05, 0) is 41.5 Å². The second-order valence-corrected chi connectivity index (χ2v) is 10.2. The number of amides is 1. The third kappa shape index (κ3) is 6.73. The summed E-state index contributed by atoms with van der Waals surface area (Å²) < 4.78 is 23.4. The maximum atomic E-state index is 12.1. The third-order valence-corrected chi connectivity index (χ3v) is 6.10. The first-order chi connectivity index (χ1) is 10.4. The van der Waals surface area contributed by atoms with Crippen molar-refractivity contribution in [2.24, 2.45) is 4.99 Å². The predicted octanol–water partition coefficient (Wildman–Crippen LogP) is 0.994. The Morgan fingerprint density at radius 3 is 2.33 bits per heavy atom. The van der Waals surface area contributed by atoms with Gasteiger partial charge in [0.05, 0.1) is 10.5 Å². The zero-order chi connectivity index (χ0) is 17.9. The van der Waals surface area contributed by atoms with Crippen LogP contribution >= 0.6 is 24.0 Å². The monoisotopic (exact) mass is 474 g/mol. The Labute approximate surface area is 163 Å². The summed E-state index contributed by atoms with van der Waals surface area (Å²) in [6.45, 7) is 12.6. The van der Waals surface area contributed by atoms with Crippen molar-refractivity contribution in [3.8, 4) is 0 Å². The molecular weight excluding hydrogens is 443 g/mol. The first-order valence-corrected chi connectivity index (χ1v) is 9.60. The van der Waals surface area contributed by atoms with Crippen LogP contribution in [0.2, 0.25) is 0 Å². The zero-order valence-corrected chi connectivity index (χ0v) is 18.6. The van der Waals surface area contributed by atoms with Gasteiger partial charge in [-0.15, -0.1) is 24.0 Å². The molecule has 142 valence electrons. The highest BCUT2D eigenvalue weighted by molar-refractivity contribution is 14.0. The van der Waals surface area contributed by atoms with E-state index in [-0.39, 0.29) is 47.7 Å². The van der Waals surface area contributed by atoms with E-state index in [0.717, 1.165) is 0 Å². The Hall–Kier alpha value is -0.580. The highest BCUT2D eigenvalue weighted by Gasteiger charge is 2.41. The lowest BCUT2D eigenvalue weighted by Gasteiger charge is -2.39. The molecule has 7 nitrogen and oxygen atoms in total. The van der Waals surface area contributed by atoms with Gasteiger partial charge in [-0.1, -0.05) is 0 Å². The van der Waals surface area contributed by atoms with Crippen LogP contribution in [0, 0.1) is 0 Å². The fourth-order valence-electron chi connectivity index (χ4n) is 2.35. The van der Waals surface area contributed by atoms with Crippen molar-refractivity contribution in [1.82, 2.24) is 15.5 Å². The molecule has 1 heterocycles. The minimum atomic E-state index is -3.10. The quantitative estimate of drug-likeness (QED) is 0.362. The van der Waals surface area contributed by atoms with E-state index >= 15 is 0 Å². The number of sulfone groups is 1. The number of nitrogens with zero attached hydrogens (tertiary/aromatic N) is 2. The fraction of sp³-hybridized carbons (Fsp3) is 0.867. The first kappa shape index (κ1) is 23.4. The van der Waals surface area contributed by atoms with Gasteiger partial charge >= 0.3 is 0 Å². The van der Waals surface area contributed by atoms with Crippen molar-refractivity contribution in [3.63, 3.8) is 0 Å². The normalized spacial score (nSPS) is 20.1. The van der Waals surface area contributed by atoms with Crippen molar-refractivity contribution in [2.45, 2.75) is 51.8 Å². The molecule has 1 saturated heterocycles. The molecule has 1 amide bonds. The standard InChI is InChI=1S/C15H30N4O3S.HI/c1-7-16-13(17-10-12(20)18-14(2,3)4)19-8-9-23(21,22)15(5,6)11-19;/h7-11H2,1-6H3,(H,16,17)(H,18,20);1H. The summed E-state index contributed by atoms with van der Waals surface area (Å²) in [6, 6.07) is 0. The third-order valence-electron chi connectivity index (χ3n) is 3.56. The summed E-state index contributed by atoms with van der Waals surface area (Å²) in [4.78, 5) is 18.2. The van der Waals surface area contributed by atoms with Crippen LogP contribution in [-0.4, -0.2) is 67.4 Å². The van der Waals surface area contributed by atoms with Gasteiger partial charge in [-0.25, -0.2) is 13.4 Å². The summed E-state index contributed by atoms with van der Waals surface area (Å²) in [6.07, 6.45) is 0. The number of guanidine groups is 1. The van der Waals surface area contributed by atoms with Gasteiger partial charge < -0.3 is 15.5 Å². The van der Waals surface area contributed by atoms with Crippen LogP contribution in [0.4, 0.5) is 0 Å². The van der Waals surface area contributed by atoms with Crippen molar-refractivity contribution in [1.29, 1.82) is 0 Å². The van der Waals surface area contributed by atoms with E-state index in [4.69, 9.17) is 0 Å². The highest BCUT2D eigenvalue weighted by Crippen LogP contribution is 2.23. The van der Waals surface area contributed by atoms with Crippen LogP contribution in [0.15, 0.2) is 4.99 Å². The van der Waals surface area contributed by atoms with Crippen LogP contribution < -0.4 is 10.6 Å². The van der Waals surface area contributed by atoms with Crippen LogP contribution in [-0.2, 0) is 14.6 Å². The molecular formula is C15H31IN4O3S. The molecule has 9 heteroatoms. The molecule has 1 fully saturated rings. The molecule has 0 aromatic rings. The molecule has 0 saturated carbocycles. The summed E-state index contributed by atoms with van der Waals surface area (Å²) in [5.74, 6) is 0.523. The lowest BCUT2D eigenvalue weighted by molar-refractivity contribution is -0.121. The van der Waals surface area contributed by atoms with E-state index in [1.165, 1.54) is 0 Å². The molecule has 1 aliphatic heterocycles. The number of carbonyl (C=O) groups excluding carboxylic acids is 1. The maximum absolute atomic E-state index is 12.1. The summed E-state index contributed by atoms with van der Waals surface area (Å²) >= 11 is 0. The molecule has 0 radical (unpaired) electrons. The molecule has 0 aliphatic carbocycles. The molecule has 0 aromatic heterocycles. The van der Waals surface area contributed by atoms with Gasteiger partial charge in [0, 0.05) is 25.2 Å². The topological polar surface area (TPSA) is 90.9 Å². The predicted molar refractivity (Wildman–Crippen MR) is 109 cm³/mol. The maximum Gasteiger partial charge on any atom is 0.242 e. The molecule has 1 aliphatic rings. The van der Waals surface area contributed by atoms with Crippen molar-refractivity contribution >= 4 is 45.7 Å². The summed E-state index contributed by atoms with van der Waals surface area (Å²) in [7, 11) is -3.10. The van der Waals surface area contributed by atoms with Crippen molar-refractivity contribution < 1.29 is 13.2 Å². The molecule has 0 bridgehead atoms. The number of hydrogen-bond donors (Lipinski definition) is 2. The van der Waals surface area contributed by atoms with Gasteiger partial charge in [-0.3, -0.25) is 4.79 Å². The Bertz CT molecular complexity index is 568. The van der Waals surface area contributed by atoms with Crippen LogP contribution in [0.1, 0.15) is 41.5 Å². The SMILES string of the molecule is CCNC(=NCC(=O)NC(C)(C)C)N1CCS(=O)(=O)C(C)(C)C1.I. The Morgan fingerprint density at radius 2 is 1.88 bits per heavy atom. The molecule has 0 aromatic carbocycles. The van der Waals surface area contributed by atoms with Crippen molar-refractivity contribution in [2.75, 3.05) is 31.9 Å². The van der Waals surface area contributed by atoms with E-state index in [2.05, 4.69) is 15.6 Å². The second-order valence-electron chi connectivity index (χ2n) is 7.47. The summed E-state index contributed by atoms with van der Waals surface area (Å²) in [5, 5.41) is 6.00. The van der Waals surface area contributed by atoms with Gasteiger partial charge in [-0.2, -0.15) is 0 Å². The number of rotatable bonds is 3. The Morgan fingerprint density at radius 1 is 1.29 bits per heavy atom. The van der Waals surface area contributed by atoms with E-state index in [0.29, 0.717) is 25.6 Å². The van der Waals surface area contributed by atoms with Gasteiger partial charge in [0.1, 0.15) is 6.54 Å². The highest BCUT2D eigenvalue weighted by atomic mass is 127. The number of nitrogens with one attached hydrogen (secondary N) is 2. The van der Waals surface area contributed by atoms with Gasteiger partial charge in [0.2, 0.25) is 5.91 Å². The molecule has 2 N–H and O–H groups in total. The first-order valence-electron chi connectivity index (χ1n) is 7.94. The van der Waals surface area contributed by atoms with E-state index < -0.39 is 14.6 Å². The number of aliphatic imine (C=N–C) groups is 1. The zero-order valence-electron chi connectivity index (χ0n) is 15.5. The fourth-order valence-corrected chi connectivity index (χ4v) is 3.72. The van der Waals surface area contributed by atoms with Crippen LogP contribution in [0.25, 0.3) is 0 Å². The number of halogens is 1. The minimum absolute atomic E-state index is 0. The van der Waals surface area contributed by atoms with E-state index in [9.17, 15) is 13.2 Å². The molecule has 0 unspecified atom stereocenters. The molecule has 0 atom stereocenters. The van der Waals surface area contributed by atoms with Crippen LogP contribution in [0.5, 0.6) is 0 Å². The van der Waals surface area contributed by atoms with E-state index in [1.807, 2.05) is 32.6 Å². The largest absolute Gasteiger partial charge is 0.357 e. The molecule has 1 rings (SSSR count). The Kier molecular flexibility index (Phi) is 8.47. The second kappa shape index (κ2) is 8.68. The van der Waals surface area contributed by atoms with Gasteiger partial charge in [0.15, 0.2) is 15.8 Å². The van der Waals surface area contributed by atoms with Crippen LogP contribution in [0.3, 0.4) is 0 Å². The average Bonchev–Trinajstić information content (AvgIpc) is 2.36. The lowest BCUT2D eigenvalue weighted by atomic mass is 10.1. The number of carbonyl (C=O) groups is 1. The molecule has 0 spiro atoms.